The van der Waals surface area contributed by atoms with Crippen LogP contribution in [0.15, 0.2) is 16.6 Å². The Hall–Kier alpha value is -0.740. The van der Waals surface area contributed by atoms with Crippen LogP contribution in [0.25, 0.3) is 0 Å². The molecule has 0 bridgehead atoms. The van der Waals surface area contributed by atoms with Crippen LogP contribution in [0.2, 0.25) is 0 Å². The zero-order chi connectivity index (χ0) is 13.7. The first-order valence-corrected chi connectivity index (χ1v) is 7.01. The van der Waals surface area contributed by atoms with Crippen LogP contribution in [0.5, 0.6) is 11.5 Å². The van der Waals surface area contributed by atoms with Crippen molar-refractivity contribution in [1.29, 1.82) is 0 Å². The molecule has 0 aromatic heterocycles. The number of benzene rings is 1. The van der Waals surface area contributed by atoms with Crippen LogP contribution in [0.4, 0.5) is 0 Å². The van der Waals surface area contributed by atoms with Crippen molar-refractivity contribution in [3.8, 4) is 11.5 Å². The second-order valence-corrected chi connectivity index (χ2v) is 5.37. The van der Waals surface area contributed by atoms with Crippen LogP contribution in [0.3, 0.4) is 0 Å². The smallest absolute Gasteiger partial charge is 0.161 e. The number of nitrogens with two attached hydrogens (primary N) is 1. The summed E-state index contributed by atoms with van der Waals surface area (Å²) < 4.78 is 11.6. The van der Waals surface area contributed by atoms with Crippen LogP contribution in [-0.2, 0) is 0 Å². The fourth-order valence-corrected chi connectivity index (χ4v) is 2.65. The topological polar surface area (TPSA) is 44.5 Å². The standard InChI is InChI=1S/C14H22BrNO2/c1-5-6-9(2)14(16)10-7-12(17-3)13(18-4)8-11(10)15/h7-9,14H,5-6,16H2,1-4H3. The monoisotopic (exact) mass is 315 g/mol. The molecule has 0 amide bonds. The molecule has 0 aliphatic carbocycles. The lowest BCUT2D eigenvalue weighted by molar-refractivity contribution is 0.352. The highest BCUT2D eigenvalue weighted by molar-refractivity contribution is 9.10. The Morgan fingerprint density at radius 1 is 1.22 bits per heavy atom. The summed E-state index contributed by atoms with van der Waals surface area (Å²) in [6.07, 6.45) is 2.25. The van der Waals surface area contributed by atoms with Gasteiger partial charge in [0.05, 0.1) is 14.2 Å². The van der Waals surface area contributed by atoms with Crippen LogP contribution < -0.4 is 15.2 Å². The molecule has 0 aliphatic heterocycles. The first-order valence-electron chi connectivity index (χ1n) is 6.22. The maximum absolute atomic E-state index is 6.31. The Balaban J connectivity index is 3.08. The molecule has 1 rings (SSSR count). The van der Waals surface area contributed by atoms with Gasteiger partial charge in [-0.1, -0.05) is 36.2 Å². The molecule has 0 heterocycles. The average molecular weight is 316 g/mol. The Kier molecular flexibility index (Phi) is 5.96. The van der Waals surface area contributed by atoms with Crippen LogP contribution in [0.1, 0.15) is 38.3 Å². The minimum Gasteiger partial charge on any atom is -0.493 e. The molecule has 102 valence electrons. The molecule has 1 aromatic rings. The average Bonchev–Trinajstić information content (AvgIpc) is 2.37. The number of halogens is 1. The molecule has 0 saturated carbocycles. The zero-order valence-electron chi connectivity index (χ0n) is 11.5. The number of hydrogen-bond acceptors (Lipinski definition) is 3. The third kappa shape index (κ3) is 3.39. The van der Waals surface area contributed by atoms with Crippen molar-refractivity contribution in [1.82, 2.24) is 0 Å². The van der Waals surface area contributed by atoms with Crippen molar-refractivity contribution in [2.24, 2.45) is 11.7 Å². The fraction of sp³-hybridized carbons (Fsp3) is 0.571. The Bertz CT molecular complexity index is 396. The molecule has 1 aromatic carbocycles. The summed E-state index contributed by atoms with van der Waals surface area (Å²) in [4.78, 5) is 0. The summed E-state index contributed by atoms with van der Waals surface area (Å²) in [5, 5.41) is 0. The van der Waals surface area contributed by atoms with Gasteiger partial charge in [-0.25, -0.2) is 0 Å². The van der Waals surface area contributed by atoms with Gasteiger partial charge < -0.3 is 15.2 Å². The highest BCUT2D eigenvalue weighted by Gasteiger charge is 2.19. The summed E-state index contributed by atoms with van der Waals surface area (Å²) in [6.45, 7) is 4.35. The van der Waals surface area contributed by atoms with Crippen LogP contribution in [0, 0.1) is 5.92 Å². The lowest BCUT2D eigenvalue weighted by Crippen LogP contribution is -2.19. The van der Waals surface area contributed by atoms with Crippen molar-refractivity contribution in [3.63, 3.8) is 0 Å². The van der Waals surface area contributed by atoms with E-state index in [0.29, 0.717) is 11.7 Å². The molecule has 18 heavy (non-hydrogen) atoms. The molecule has 0 fully saturated rings. The van der Waals surface area contributed by atoms with Gasteiger partial charge in [0.25, 0.3) is 0 Å². The Labute approximate surface area is 118 Å². The van der Waals surface area contributed by atoms with E-state index in [2.05, 4.69) is 29.8 Å². The Morgan fingerprint density at radius 3 is 2.28 bits per heavy atom. The molecule has 2 N–H and O–H groups in total. The van der Waals surface area contributed by atoms with E-state index in [4.69, 9.17) is 15.2 Å². The van der Waals surface area contributed by atoms with Crippen molar-refractivity contribution in [2.75, 3.05) is 14.2 Å². The summed E-state index contributed by atoms with van der Waals surface area (Å²) in [6, 6.07) is 3.87. The maximum atomic E-state index is 6.31. The van der Waals surface area contributed by atoms with Gasteiger partial charge >= 0.3 is 0 Å². The molecule has 2 atom stereocenters. The quantitative estimate of drug-likeness (QED) is 0.865. The van der Waals surface area contributed by atoms with E-state index in [1.54, 1.807) is 14.2 Å². The summed E-state index contributed by atoms with van der Waals surface area (Å²) in [7, 11) is 3.26. The first-order chi connectivity index (χ1) is 8.54. The van der Waals surface area contributed by atoms with Crippen molar-refractivity contribution in [3.05, 3.63) is 22.2 Å². The van der Waals surface area contributed by atoms with Gasteiger partial charge in [-0.2, -0.15) is 0 Å². The minimum absolute atomic E-state index is 0.000805. The van der Waals surface area contributed by atoms with Gasteiger partial charge in [0, 0.05) is 10.5 Å². The van der Waals surface area contributed by atoms with Gasteiger partial charge in [-0.15, -0.1) is 0 Å². The summed E-state index contributed by atoms with van der Waals surface area (Å²) >= 11 is 3.56. The largest absolute Gasteiger partial charge is 0.493 e. The number of methoxy groups -OCH3 is 2. The van der Waals surface area contributed by atoms with Gasteiger partial charge in [0.15, 0.2) is 11.5 Å². The third-order valence-electron chi connectivity index (χ3n) is 3.22. The van der Waals surface area contributed by atoms with Crippen LogP contribution >= 0.6 is 15.9 Å². The van der Waals surface area contributed by atoms with E-state index in [0.717, 1.165) is 28.6 Å². The van der Waals surface area contributed by atoms with Crippen molar-refractivity contribution >= 4 is 15.9 Å². The highest BCUT2D eigenvalue weighted by Crippen LogP contribution is 2.37. The van der Waals surface area contributed by atoms with Gasteiger partial charge in [0.1, 0.15) is 0 Å². The van der Waals surface area contributed by atoms with Crippen molar-refractivity contribution < 1.29 is 9.47 Å². The molecule has 4 heteroatoms. The predicted octanol–water partition coefficient (Wildman–Crippen LogP) is 3.90. The minimum atomic E-state index is -0.000805. The highest BCUT2D eigenvalue weighted by atomic mass is 79.9. The van der Waals surface area contributed by atoms with Crippen molar-refractivity contribution in [2.45, 2.75) is 32.7 Å². The first kappa shape index (κ1) is 15.3. The molecule has 3 nitrogen and oxygen atoms in total. The summed E-state index contributed by atoms with van der Waals surface area (Å²) in [5.41, 5.74) is 7.38. The Morgan fingerprint density at radius 2 is 1.78 bits per heavy atom. The molecule has 0 aliphatic rings. The number of hydrogen-bond donors (Lipinski definition) is 1. The van der Waals surface area contributed by atoms with Gasteiger partial charge in [-0.3, -0.25) is 0 Å². The molecule has 0 saturated heterocycles. The molecular formula is C14H22BrNO2. The normalized spacial score (nSPS) is 14.1. The van der Waals surface area contributed by atoms with E-state index in [-0.39, 0.29) is 6.04 Å². The molecule has 0 spiro atoms. The predicted molar refractivity (Wildman–Crippen MR) is 78.2 cm³/mol. The lowest BCUT2D eigenvalue weighted by Gasteiger charge is -2.22. The number of ether oxygens (including phenoxy) is 2. The third-order valence-corrected chi connectivity index (χ3v) is 3.91. The van der Waals surface area contributed by atoms with Gasteiger partial charge in [-0.05, 0) is 30.0 Å². The van der Waals surface area contributed by atoms with E-state index in [1.807, 2.05) is 12.1 Å². The lowest BCUT2D eigenvalue weighted by atomic mass is 9.91. The second kappa shape index (κ2) is 7.00. The molecule has 0 radical (unpaired) electrons. The van der Waals surface area contributed by atoms with E-state index in [1.165, 1.54) is 0 Å². The van der Waals surface area contributed by atoms with E-state index in [9.17, 15) is 0 Å². The SMILES string of the molecule is CCCC(C)C(N)c1cc(OC)c(OC)cc1Br. The second-order valence-electron chi connectivity index (χ2n) is 4.52. The van der Waals surface area contributed by atoms with E-state index < -0.39 is 0 Å². The van der Waals surface area contributed by atoms with Crippen LogP contribution in [-0.4, -0.2) is 14.2 Å². The maximum Gasteiger partial charge on any atom is 0.161 e. The van der Waals surface area contributed by atoms with E-state index >= 15 is 0 Å². The summed E-state index contributed by atoms with van der Waals surface area (Å²) in [5.74, 6) is 1.86. The number of rotatable bonds is 6. The fourth-order valence-electron chi connectivity index (χ4n) is 2.07. The molecule has 2 unspecified atom stereocenters. The zero-order valence-corrected chi connectivity index (χ0v) is 13.1. The molecular weight excluding hydrogens is 294 g/mol. The van der Waals surface area contributed by atoms with Gasteiger partial charge in [0.2, 0.25) is 0 Å².